The van der Waals surface area contributed by atoms with Gasteiger partial charge in [-0.25, -0.2) is 12.7 Å². The molecule has 9 heteroatoms. The fraction of sp³-hybridized carbons (Fsp3) is 0.385. The number of rotatable bonds is 2. The maximum Gasteiger partial charge on any atom is 0.211 e. The van der Waals surface area contributed by atoms with Crippen LogP contribution < -0.4 is 0 Å². The molecule has 1 fully saturated rings. The van der Waals surface area contributed by atoms with Crippen molar-refractivity contribution in [3.05, 3.63) is 24.0 Å². The Kier molecular flexibility index (Phi) is 2.88. The minimum absolute atomic E-state index is 0.0926. The average molecular weight is 318 g/mol. The number of H-pyrrole nitrogens is 1. The molecule has 4 heterocycles. The van der Waals surface area contributed by atoms with Gasteiger partial charge in [0.25, 0.3) is 0 Å². The van der Waals surface area contributed by atoms with Crippen molar-refractivity contribution in [1.29, 1.82) is 0 Å². The molecule has 3 aromatic rings. The van der Waals surface area contributed by atoms with Crippen molar-refractivity contribution >= 4 is 32.1 Å². The fourth-order valence-corrected chi connectivity index (χ4v) is 3.96. The summed E-state index contributed by atoms with van der Waals surface area (Å²) in [5, 5.41) is 18.1. The largest absolute Gasteiger partial charge is 0.345 e. The highest BCUT2D eigenvalue weighted by atomic mass is 32.2. The molecule has 114 valence electrons. The SMILES string of the molecule is CS(=O)(=O)N1CCC(c2cnnc3nnc4[nH]ccc4c23)C1. The first-order valence-electron chi connectivity index (χ1n) is 6.94. The van der Waals surface area contributed by atoms with E-state index >= 15 is 0 Å². The molecule has 0 bridgehead atoms. The third-order valence-corrected chi connectivity index (χ3v) is 5.43. The molecule has 0 radical (unpaired) electrons. The summed E-state index contributed by atoms with van der Waals surface area (Å²) in [6.07, 6.45) is 5.53. The van der Waals surface area contributed by atoms with E-state index in [1.54, 1.807) is 12.4 Å². The maximum atomic E-state index is 11.7. The number of nitrogens with zero attached hydrogens (tertiary/aromatic N) is 5. The second kappa shape index (κ2) is 4.68. The van der Waals surface area contributed by atoms with Crippen LogP contribution in [0.15, 0.2) is 18.5 Å². The first kappa shape index (κ1) is 13.5. The first-order chi connectivity index (χ1) is 10.5. The van der Waals surface area contributed by atoms with Crippen molar-refractivity contribution in [3.63, 3.8) is 0 Å². The zero-order chi connectivity index (χ0) is 15.3. The summed E-state index contributed by atoms with van der Waals surface area (Å²) in [6, 6.07) is 1.93. The Morgan fingerprint density at radius 2 is 2.18 bits per heavy atom. The third kappa shape index (κ3) is 2.04. The minimum atomic E-state index is -3.17. The van der Waals surface area contributed by atoms with Crippen LogP contribution in [0.25, 0.3) is 22.1 Å². The Morgan fingerprint density at radius 1 is 1.32 bits per heavy atom. The number of aromatic amines is 1. The number of hydrogen-bond acceptors (Lipinski definition) is 6. The Hall–Kier alpha value is -2.13. The number of hydrogen-bond donors (Lipinski definition) is 1. The topological polar surface area (TPSA) is 105 Å². The van der Waals surface area contributed by atoms with Crippen LogP contribution in [0.1, 0.15) is 17.9 Å². The van der Waals surface area contributed by atoms with Crippen molar-refractivity contribution in [1.82, 2.24) is 29.7 Å². The van der Waals surface area contributed by atoms with Crippen LogP contribution in [0.3, 0.4) is 0 Å². The van der Waals surface area contributed by atoms with Gasteiger partial charge in [-0.05, 0) is 18.1 Å². The van der Waals surface area contributed by atoms with Gasteiger partial charge in [0.2, 0.25) is 15.7 Å². The molecule has 0 amide bonds. The van der Waals surface area contributed by atoms with Gasteiger partial charge in [0, 0.05) is 36.0 Å². The van der Waals surface area contributed by atoms with Crippen LogP contribution in [0.2, 0.25) is 0 Å². The van der Waals surface area contributed by atoms with Crippen molar-refractivity contribution in [2.75, 3.05) is 19.3 Å². The molecule has 1 N–H and O–H groups in total. The van der Waals surface area contributed by atoms with Crippen LogP contribution >= 0.6 is 0 Å². The van der Waals surface area contributed by atoms with Gasteiger partial charge in [-0.1, -0.05) is 0 Å². The molecule has 0 aromatic carbocycles. The molecule has 8 nitrogen and oxygen atoms in total. The van der Waals surface area contributed by atoms with E-state index < -0.39 is 10.0 Å². The van der Waals surface area contributed by atoms with Gasteiger partial charge in [0.1, 0.15) is 0 Å². The van der Waals surface area contributed by atoms with E-state index in [9.17, 15) is 8.42 Å². The van der Waals surface area contributed by atoms with Crippen LogP contribution in [-0.4, -0.2) is 57.4 Å². The normalized spacial score (nSPS) is 20.1. The second-order valence-electron chi connectivity index (χ2n) is 5.55. The lowest BCUT2D eigenvalue weighted by Gasteiger charge is -2.14. The molecular weight excluding hydrogens is 304 g/mol. The number of fused-ring (bicyclic) bond motifs is 3. The van der Waals surface area contributed by atoms with Crippen molar-refractivity contribution in [2.45, 2.75) is 12.3 Å². The van der Waals surface area contributed by atoms with Crippen LogP contribution in [0.4, 0.5) is 0 Å². The Bertz CT molecular complexity index is 967. The van der Waals surface area contributed by atoms with E-state index in [-0.39, 0.29) is 5.92 Å². The average Bonchev–Trinajstić information content (AvgIpc) is 3.15. The van der Waals surface area contributed by atoms with Crippen molar-refractivity contribution < 1.29 is 8.42 Å². The summed E-state index contributed by atoms with van der Waals surface area (Å²) >= 11 is 0. The molecule has 0 aliphatic carbocycles. The van der Waals surface area contributed by atoms with Crippen LogP contribution in [0, 0.1) is 0 Å². The highest BCUT2D eigenvalue weighted by Gasteiger charge is 2.31. The molecular formula is C13H14N6O2S. The van der Waals surface area contributed by atoms with Gasteiger partial charge in [0.15, 0.2) is 5.65 Å². The molecule has 1 atom stereocenters. The minimum Gasteiger partial charge on any atom is -0.345 e. The zero-order valence-corrected chi connectivity index (χ0v) is 12.7. The summed E-state index contributed by atoms with van der Waals surface area (Å²) in [7, 11) is -3.17. The first-order valence-corrected chi connectivity index (χ1v) is 8.79. The predicted octanol–water partition coefficient (Wildman–Crippen LogP) is 0.650. The summed E-state index contributed by atoms with van der Waals surface area (Å²) in [4.78, 5) is 3.03. The quantitative estimate of drug-likeness (QED) is 0.744. The lowest BCUT2D eigenvalue weighted by Crippen LogP contribution is -2.27. The van der Waals surface area contributed by atoms with E-state index in [0.717, 1.165) is 22.8 Å². The molecule has 22 heavy (non-hydrogen) atoms. The molecule has 1 aliphatic rings. The standard InChI is InChI=1S/C13H14N6O2S/c1-22(20,21)19-5-3-8(7-19)10-6-15-16-13-11(10)9-2-4-14-12(9)17-18-13/h2,4,6,8H,3,5,7H2,1H3,(H,14,17). The van der Waals surface area contributed by atoms with E-state index in [2.05, 4.69) is 25.4 Å². The summed E-state index contributed by atoms with van der Waals surface area (Å²) in [5.41, 5.74) is 2.16. The Morgan fingerprint density at radius 3 is 2.95 bits per heavy atom. The van der Waals surface area contributed by atoms with Crippen molar-refractivity contribution in [3.8, 4) is 0 Å². The highest BCUT2D eigenvalue weighted by molar-refractivity contribution is 7.88. The summed E-state index contributed by atoms with van der Waals surface area (Å²) in [6.45, 7) is 0.996. The second-order valence-corrected chi connectivity index (χ2v) is 7.53. The summed E-state index contributed by atoms with van der Waals surface area (Å²) in [5.74, 6) is 0.0926. The van der Waals surface area contributed by atoms with Crippen molar-refractivity contribution in [2.24, 2.45) is 0 Å². The Balaban J connectivity index is 1.87. The van der Waals surface area contributed by atoms with Gasteiger partial charge >= 0.3 is 0 Å². The molecule has 1 unspecified atom stereocenters. The monoisotopic (exact) mass is 318 g/mol. The van der Waals surface area contributed by atoms with E-state index in [1.165, 1.54) is 10.6 Å². The summed E-state index contributed by atoms with van der Waals surface area (Å²) < 4.78 is 24.9. The van der Waals surface area contributed by atoms with Crippen LogP contribution in [-0.2, 0) is 10.0 Å². The van der Waals surface area contributed by atoms with Gasteiger partial charge < -0.3 is 4.98 Å². The Labute approximate surface area is 126 Å². The number of sulfonamides is 1. The van der Waals surface area contributed by atoms with Gasteiger partial charge in [-0.2, -0.15) is 5.10 Å². The zero-order valence-electron chi connectivity index (χ0n) is 11.9. The van der Waals surface area contributed by atoms with E-state index in [1.807, 2.05) is 6.07 Å². The highest BCUT2D eigenvalue weighted by Crippen LogP contribution is 2.34. The molecule has 4 rings (SSSR count). The molecule has 3 aromatic heterocycles. The number of aromatic nitrogens is 5. The number of nitrogens with one attached hydrogen (secondary N) is 1. The maximum absolute atomic E-state index is 11.7. The van der Waals surface area contributed by atoms with E-state index in [4.69, 9.17) is 0 Å². The fourth-order valence-electron chi connectivity index (χ4n) is 3.07. The predicted molar refractivity (Wildman–Crippen MR) is 80.8 cm³/mol. The lowest BCUT2D eigenvalue weighted by atomic mass is 9.96. The smallest absolute Gasteiger partial charge is 0.211 e. The lowest BCUT2D eigenvalue weighted by molar-refractivity contribution is 0.478. The third-order valence-electron chi connectivity index (χ3n) is 4.16. The van der Waals surface area contributed by atoms with E-state index in [0.29, 0.717) is 24.4 Å². The van der Waals surface area contributed by atoms with Gasteiger partial charge in [-0.15, -0.1) is 15.3 Å². The molecule has 1 saturated heterocycles. The molecule has 0 spiro atoms. The molecule has 1 aliphatic heterocycles. The van der Waals surface area contributed by atoms with Gasteiger partial charge in [0.05, 0.1) is 12.5 Å². The van der Waals surface area contributed by atoms with Gasteiger partial charge in [-0.3, -0.25) is 0 Å². The molecule has 0 saturated carbocycles. The van der Waals surface area contributed by atoms with Crippen LogP contribution in [0.5, 0.6) is 0 Å².